The number of hydrogen-bond acceptors (Lipinski definition) is 5. The molecule has 0 fully saturated rings. The number of carbonyl (C=O) groups excluding carboxylic acids is 1. The molecule has 0 aliphatic rings. The normalized spacial score (nSPS) is 13.2. The topological polar surface area (TPSA) is 85.4 Å². The smallest absolute Gasteiger partial charge is 0.323 e. The minimum atomic E-state index is -3.83. The first-order chi connectivity index (χ1) is 9.26. The molecule has 0 bridgehead atoms. The van der Waals surface area contributed by atoms with Crippen LogP contribution >= 0.6 is 15.9 Å². The lowest BCUT2D eigenvalue weighted by Crippen LogP contribution is -2.42. The SMILES string of the molecule is COC(=O)C(CC(C)C)NS(=O)(=O)c1cncc(Br)c1. The van der Waals surface area contributed by atoms with Crippen LogP contribution in [0, 0.1) is 5.92 Å². The van der Waals surface area contributed by atoms with E-state index in [2.05, 4.69) is 30.4 Å². The molecule has 1 rings (SSSR count). The summed E-state index contributed by atoms with van der Waals surface area (Å²) in [5.74, 6) is -0.465. The van der Waals surface area contributed by atoms with Gasteiger partial charge < -0.3 is 4.74 Å². The van der Waals surface area contributed by atoms with Crippen molar-refractivity contribution in [1.82, 2.24) is 9.71 Å². The third-order valence-corrected chi connectivity index (χ3v) is 4.35. The molecule has 112 valence electrons. The van der Waals surface area contributed by atoms with Crippen LogP contribution in [0.25, 0.3) is 0 Å². The van der Waals surface area contributed by atoms with Crippen molar-refractivity contribution in [2.45, 2.75) is 31.2 Å². The van der Waals surface area contributed by atoms with Gasteiger partial charge in [-0.2, -0.15) is 4.72 Å². The first-order valence-electron chi connectivity index (χ1n) is 5.97. The average molecular weight is 365 g/mol. The molecule has 0 saturated carbocycles. The van der Waals surface area contributed by atoms with E-state index in [1.807, 2.05) is 13.8 Å². The number of methoxy groups -OCH3 is 1. The van der Waals surface area contributed by atoms with Gasteiger partial charge in [0.05, 0.1) is 7.11 Å². The second kappa shape index (κ2) is 7.14. The standard InChI is InChI=1S/C12H17BrN2O4S/c1-8(2)4-11(12(16)19-3)15-20(17,18)10-5-9(13)6-14-7-10/h5-8,11,15H,4H2,1-3H3. The fourth-order valence-electron chi connectivity index (χ4n) is 1.60. The summed E-state index contributed by atoms with van der Waals surface area (Å²) in [5.41, 5.74) is 0. The maximum Gasteiger partial charge on any atom is 0.323 e. The van der Waals surface area contributed by atoms with E-state index in [9.17, 15) is 13.2 Å². The first kappa shape index (κ1) is 17.1. The Balaban J connectivity index is 2.99. The molecule has 1 aromatic rings. The molecule has 6 nitrogen and oxygen atoms in total. The number of hydrogen-bond donors (Lipinski definition) is 1. The highest BCUT2D eigenvalue weighted by Gasteiger charge is 2.27. The number of nitrogens with one attached hydrogen (secondary N) is 1. The molecule has 0 saturated heterocycles. The zero-order chi connectivity index (χ0) is 15.3. The van der Waals surface area contributed by atoms with Crippen molar-refractivity contribution >= 4 is 31.9 Å². The molecule has 0 aliphatic heterocycles. The lowest BCUT2D eigenvalue weighted by molar-refractivity contribution is -0.143. The minimum Gasteiger partial charge on any atom is -0.468 e. The Labute approximate surface area is 127 Å². The van der Waals surface area contributed by atoms with E-state index in [-0.39, 0.29) is 10.8 Å². The number of pyridine rings is 1. The molecule has 1 unspecified atom stereocenters. The first-order valence-corrected chi connectivity index (χ1v) is 8.24. The van der Waals surface area contributed by atoms with Crippen LogP contribution in [0.3, 0.4) is 0 Å². The highest BCUT2D eigenvalue weighted by molar-refractivity contribution is 9.10. The number of rotatable bonds is 6. The zero-order valence-corrected chi connectivity index (χ0v) is 13.9. The zero-order valence-electron chi connectivity index (χ0n) is 11.5. The van der Waals surface area contributed by atoms with E-state index in [0.717, 1.165) is 0 Å². The number of esters is 1. The van der Waals surface area contributed by atoms with Gasteiger partial charge in [0.2, 0.25) is 10.0 Å². The highest BCUT2D eigenvalue weighted by atomic mass is 79.9. The van der Waals surface area contributed by atoms with Gasteiger partial charge in [0, 0.05) is 16.9 Å². The fourth-order valence-corrected chi connectivity index (χ4v) is 3.30. The Morgan fingerprint density at radius 1 is 1.45 bits per heavy atom. The van der Waals surface area contributed by atoms with Gasteiger partial charge in [-0.15, -0.1) is 0 Å². The summed E-state index contributed by atoms with van der Waals surface area (Å²) in [4.78, 5) is 15.4. The number of sulfonamides is 1. The summed E-state index contributed by atoms with van der Waals surface area (Å²) < 4.78 is 32.0. The molecule has 0 spiro atoms. The van der Waals surface area contributed by atoms with E-state index in [4.69, 9.17) is 0 Å². The molecule has 20 heavy (non-hydrogen) atoms. The van der Waals surface area contributed by atoms with Crippen molar-refractivity contribution < 1.29 is 17.9 Å². The van der Waals surface area contributed by atoms with Gasteiger partial charge in [0.25, 0.3) is 0 Å². The largest absolute Gasteiger partial charge is 0.468 e. The predicted octanol–water partition coefficient (Wildman–Crippen LogP) is 1.71. The number of aromatic nitrogens is 1. The number of nitrogens with zero attached hydrogens (tertiary/aromatic N) is 1. The van der Waals surface area contributed by atoms with Crippen LogP contribution in [0.1, 0.15) is 20.3 Å². The number of halogens is 1. The molecule has 0 radical (unpaired) electrons. The summed E-state index contributed by atoms with van der Waals surface area (Å²) in [5, 5.41) is 0. The van der Waals surface area contributed by atoms with Crippen LogP contribution in [0.5, 0.6) is 0 Å². The summed E-state index contributed by atoms with van der Waals surface area (Å²) >= 11 is 3.16. The van der Waals surface area contributed by atoms with Gasteiger partial charge in [-0.1, -0.05) is 13.8 Å². The van der Waals surface area contributed by atoms with Crippen molar-refractivity contribution in [3.8, 4) is 0 Å². The van der Waals surface area contributed by atoms with E-state index < -0.39 is 22.0 Å². The van der Waals surface area contributed by atoms with Crippen LogP contribution in [0.2, 0.25) is 0 Å². The molecule has 1 N–H and O–H groups in total. The van der Waals surface area contributed by atoms with Crippen molar-refractivity contribution in [1.29, 1.82) is 0 Å². The van der Waals surface area contributed by atoms with Crippen molar-refractivity contribution in [3.05, 3.63) is 22.9 Å². The minimum absolute atomic E-state index is 0.00969. The predicted molar refractivity (Wildman–Crippen MR) is 77.5 cm³/mol. The second-order valence-electron chi connectivity index (χ2n) is 4.67. The van der Waals surface area contributed by atoms with Gasteiger partial charge in [-0.3, -0.25) is 9.78 Å². The van der Waals surface area contributed by atoms with Crippen molar-refractivity contribution in [2.75, 3.05) is 7.11 Å². The maximum atomic E-state index is 12.2. The second-order valence-corrected chi connectivity index (χ2v) is 7.30. The Hall–Kier alpha value is -0.990. The Morgan fingerprint density at radius 2 is 2.10 bits per heavy atom. The summed E-state index contributed by atoms with van der Waals surface area (Å²) in [6.45, 7) is 3.79. The van der Waals surface area contributed by atoms with Crippen molar-refractivity contribution in [2.24, 2.45) is 5.92 Å². The lowest BCUT2D eigenvalue weighted by atomic mass is 10.1. The Morgan fingerprint density at radius 3 is 2.60 bits per heavy atom. The van der Waals surface area contributed by atoms with Crippen molar-refractivity contribution in [3.63, 3.8) is 0 Å². The fraction of sp³-hybridized carbons (Fsp3) is 0.500. The van der Waals surface area contributed by atoms with E-state index in [0.29, 0.717) is 10.9 Å². The van der Waals surface area contributed by atoms with Crippen LogP contribution in [-0.2, 0) is 19.6 Å². The number of carbonyl (C=O) groups is 1. The summed E-state index contributed by atoms with van der Waals surface area (Å²) in [6.07, 6.45) is 3.05. The highest BCUT2D eigenvalue weighted by Crippen LogP contribution is 2.16. The van der Waals surface area contributed by atoms with E-state index >= 15 is 0 Å². The van der Waals surface area contributed by atoms with Gasteiger partial charge in [0.1, 0.15) is 10.9 Å². The number of ether oxygens (including phenoxy) is 1. The average Bonchev–Trinajstić information content (AvgIpc) is 2.36. The summed E-state index contributed by atoms with van der Waals surface area (Å²) in [7, 11) is -2.60. The molecular weight excluding hydrogens is 348 g/mol. The lowest BCUT2D eigenvalue weighted by Gasteiger charge is -2.18. The molecule has 1 aromatic heterocycles. The molecule has 0 aliphatic carbocycles. The molecule has 1 atom stereocenters. The van der Waals surface area contributed by atoms with Gasteiger partial charge in [-0.05, 0) is 34.3 Å². The van der Waals surface area contributed by atoms with Crippen LogP contribution in [0.4, 0.5) is 0 Å². The van der Waals surface area contributed by atoms with Gasteiger partial charge in [0.15, 0.2) is 0 Å². The molecule has 8 heteroatoms. The monoisotopic (exact) mass is 364 g/mol. The summed E-state index contributed by atoms with van der Waals surface area (Å²) in [6, 6.07) is 0.503. The Bertz CT molecular complexity index is 575. The van der Waals surface area contributed by atoms with Crippen LogP contribution in [-0.4, -0.2) is 32.5 Å². The molecular formula is C12H17BrN2O4S. The van der Waals surface area contributed by atoms with Crippen LogP contribution in [0.15, 0.2) is 27.8 Å². The Kier molecular flexibility index (Phi) is 6.09. The van der Waals surface area contributed by atoms with Gasteiger partial charge >= 0.3 is 5.97 Å². The third kappa shape index (κ3) is 4.84. The van der Waals surface area contributed by atoms with Crippen LogP contribution < -0.4 is 4.72 Å². The van der Waals surface area contributed by atoms with E-state index in [1.165, 1.54) is 25.6 Å². The van der Waals surface area contributed by atoms with Gasteiger partial charge in [-0.25, -0.2) is 8.42 Å². The molecule has 0 amide bonds. The quantitative estimate of drug-likeness (QED) is 0.776. The molecule has 0 aromatic carbocycles. The molecule has 1 heterocycles. The third-order valence-electron chi connectivity index (χ3n) is 2.48. The maximum absolute atomic E-state index is 12.2. The van der Waals surface area contributed by atoms with E-state index in [1.54, 1.807) is 0 Å².